The van der Waals surface area contributed by atoms with Crippen molar-refractivity contribution in [1.29, 1.82) is 0 Å². The molecule has 78 valence electrons. The molecule has 1 saturated heterocycles. The first-order valence-corrected chi connectivity index (χ1v) is 7.83. The van der Waals surface area contributed by atoms with Crippen LogP contribution in [0.15, 0.2) is 24.3 Å². The van der Waals surface area contributed by atoms with Gasteiger partial charge in [0, 0.05) is 9.52 Å². The van der Waals surface area contributed by atoms with Gasteiger partial charge < -0.3 is 0 Å². The SMILES string of the molecule is C1CC[SiH2]CC1.Cc1ccccc1C. The number of aryl methyl sites for hydroxylation is 2. The normalized spacial score (nSPS) is 15.6. The number of benzene rings is 1. The molecule has 0 saturated carbocycles. The van der Waals surface area contributed by atoms with Crippen LogP contribution in [-0.4, -0.2) is 9.52 Å². The van der Waals surface area contributed by atoms with Gasteiger partial charge in [-0.2, -0.15) is 0 Å². The van der Waals surface area contributed by atoms with Crippen LogP contribution in [0.5, 0.6) is 0 Å². The maximum atomic E-state index is 2.12. The summed E-state index contributed by atoms with van der Waals surface area (Å²) in [6.45, 7) is 4.24. The van der Waals surface area contributed by atoms with Crippen molar-refractivity contribution in [2.75, 3.05) is 0 Å². The van der Waals surface area contributed by atoms with E-state index in [0.29, 0.717) is 9.52 Å². The molecule has 1 aliphatic heterocycles. The third-order valence-corrected chi connectivity index (χ3v) is 4.93. The fourth-order valence-electron chi connectivity index (χ4n) is 1.72. The minimum absolute atomic E-state index is 0.508. The third-order valence-electron chi connectivity index (χ3n) is 2.93. The Balaban J connectivity index is 0.000000146. The predicted molar refractivity (Wildman–Crippen MR) is 67.9 cm³/mol. The quantitative estimate of drug-likeness (QED) is 0.570. The van der Waals surface area contributed by atoms with Gasteiger partial charge in [-0.3, -0.25) is 0 Å². The zero-order chi connectivity index (χ0) is 10.2. The fraction of sp³-hybridized carbons (Fsp3) is 0.538. The van der Waals surface area contributed by atoms with Crippen LogP contribution < -0.4 is 0 Å². The molecule has 1 aromatic carbocycles. The Labute approximate surface area is 90.6 Å². The summed E-state index contributed by atoms with van der Waals surface area (Å²) < 4.78 is 0. The maximum Gasteiger partial charge on any atom is 0.0197 e. The van der Waals surface area contributed by atoms with Crippen molar-refractivity contribution in [3.63, 3.8) is 0 Å². The standard InChI is InChI=1S/C8H10.C5H12Si/c1-7-5-3-4-6-8(7)2;1-2-4-6-5-3-1/h3-6H,1-2H3;1-6H2. The van der Waals surface area contributed by atoms with Crippen molar-refractivity contribution < 1.29 is 0 Å². The predicted octanol–water partition coefficient (Wildman–Crippen LogP) is 3.48. The van der Waals surface area contributed by atoms with Crippen molar-refractivity contribution in [3.05, 3.63) is 35.4 Å². The second-order valence-electron chi connectivity index (χ2n) is 4.21. The highest BCUT2D eigenvalue weighted by Crippen LogP contribution is 2.10. The van der Waals surface area contributed by atoms with Gasteiger partial charge in [-0.25, -0.2) is 0 Å². The smallest absolute Gasteiger partial charge is 0.0197 e. The highest BCUT2D eigenvalue weighted by molar-refractivity contribution is 6.35. The van der Waals surface area contributed by atoms with Crippen LogP contribution in [0, 0.1) is 13.8 Å². The zero-order valence-corrected chi connectivity index (χ0v) is 11.0. The molecule has 1 aliphatic rings. The fourth-order valence-corrected chi connectivity index (χ4v) is 3.49. The second kappa shape index (κ2) is 6.83. The van der Waals surface area contributed by atoms with Crippen molar-refractivity contribution in [2.24, 2.45) is 0 Å². The molecule has 1 fully saturated rings. The Morgan fingerprint density at radius 1 is 0.857 bits per heavy atom. The summed E-state index contributed by atoms with van der Waals surface area (Å²) in [6.07, 6.45) is 4.66. The Hall–Kier alpha value is -0.563. The largest absolute Gasteiger partial charge is 0.0628 e. The molecule has 0 bridgehead atoms. The Morgan fingerprint density at radius 2 is 1.36 bits per heavy atom. The molecule has 1 heterocycles. The molecule has 0 aromatic heterocycles. The van der Waals surface area contributed by atoms with Gasteiger partial charge in [-0.05, 0) is 25.0 Å². The lowest BCUT2D eigenvalue weighted by Gasteiger charge is -2.04. The maximum absolute atomic E-state index is 2.12. The minimum atomic E-state index is 0.508. The van der Waals surface area contributed by atoms with Gasteiger partial charge in [-0.1, -0.05) is 55.6 Å². The molecule has 0 unspecified atom stereocenters. The van der Waals surface area contributed by atoms with Gasteiger partial charge in [0.1, 0.15) is 0 Å². The molecule has 0 radical (unpaired) electrons. The lowest BCUT2D eigenvalue weighted by molar-refractivity contribution is 0.734. The number of rotatable bonds is 0. The van der Waals surface area contributed by atoms with Gasteiger partial charge in [0.15, 0.2) is 0 Å². The molecule has 14 heavy (non-hydrogen) atoms. The van der Waals surface area contributed by atoms with Crippen LogP contribution >= 0.6 is 0 Å². The summed E-state index contributed by atoms with van der Waals surface area (Å²) >= 11 is 0. The minimum Gasteiger partial charge on any atom is -0.0628 e. The van der Waals surface area contributed by atoms with Crippen molar-refractivity contribution in [1.82, 2.24) is 0 Å². The molecule has 1 heteroatoms. The average Bonchev–Trinajstić information content (AvgIpc) is 2.26. The van der Waals surface area contributed by atoms with E-state index in [1.807, 2.05) is 0 Å². The molecule has 2 rings (SSSR count). The zero-order valence-electron chi connectivity index (χ0n) is 9.55. The van der Waals surface area contributed by atoms with Gasteiger partial charge in [0.25, 0.3) is 0 Å². The molecular formula is C13H22Si. The van der Waals surface area contributed by atoms with E-state index in [1.165, 1.54) is 17.5 Å². The van der Waals surface area contributed by atoms with Crippen molar-refractivity contribution in [3.8, 4) is 0 Å². The summed E-state index contributed by atoms with van der Waals surface area (Å²) in [4.78, 5) is 0. The molecular weight excluding hydrogens is 184 g/mol. The molecule has 0 amide bonds. The first-order valence-electron chi connectivity index (χ1n) is 5.83. The lowest BCUT2D eigenvalue weighted by atomic mass is 10.1. The molecule has 0 atom stereocenters. The summed E-state index contributed by atoms with van der Waals surface area (Å²) in [7, 11) is 0.508. The Bertz CT molecular complexity index is 219. The van der Waals surface area contributed by atoms with Crippen LogP contribution in [0.3, 0.4) is 0 Å². The second-order valence-corrected chi connectivity index (χ2v) is 6.33. The van der Waals surface area contributed by atoms with Crippen LogP contribution in [0.2, 0.25) is 12.1 Å². The summed E-state index contributed by atoms with van der Waals surface area (Å²) in [6, 6.07) is 11.6. The molecule has 0 N–H and O–H groups in total. The summed E-state index contributed by atoms with van der Waals surface area (Å²) in [5.74, 6) is 0. The van der Waals surface area contributed by atoms with Gasteiger partial charge >= 0.3 is 0 Å². The Morgan fingerprint density at radius 3 is 1.57 bits per heavy atom. The van der Waals surface area contributed by atoms with E-state index in [9.17, 15) is 0 Å². The van der Waals surface area contributed by atoms with E-state index in [2.05, 4.69) is 38.1 Å². The van der Waals surface area contributed by atoms with E-state index < -0.39 is 0 Å². The molecule has 0 spiro atoms. The summed E-state index contributed by atoms with van der Waals surface area (Å²) in [5.41, 5.74) is 2.74. The van der Waals surface area contributed by atoms with Gasteiger partial charge in [0.2, 0.25) is 0 Å². The van der Waals surface area contributed by atoms with E-state index in [4.69, 9.17) is 0 Å². The third kappa shape index (κ3) is 4.61. The van der Waals surface area contributed by atoms with E-state index in [-0.39, 0.29) is 0 Å². The van der Waals surface area contributed by atoms with E-state index in [1.54, 1.807) is 24.9 Å². The molecule has 0 aliphatic carbocycles. The van der Waals surface area contributed by atoms with Crippen molar-refractivity contribution in [2.45, 2.75) is 45.2 Å². The first kappa shape index (κ1) is 11.5. The average molecular weight is 206 g/mol. The van der Waals surface area contributed by atoms with Gasteiger partial charge in [-0.15, -0.1) is 0 Å². The number of hydrogen-bond donors (Lipinski definition) is 0. The summed E-state index contributed by atoms with van der Waals surface area (Å²) in [5, 5.41) is 0. The van der Waals surface area contributed by atoms with Crippen molar-refractivity contribution >= 4 is 9.52 Å². The van der Waals surface area contributed by atoms with E-state index >= 15 is 0 Å². The molecule has 1 aromatic rings. The van der Waals surface area contributed by atoms with Crippen LogP contribution in [0.25, 0.3) is 0 Å². The Kier molecular flexibility index (Phi) is 5.61. The number of hydrogen-bond acceptors (Lipinski definition) is 0. The highest BCUT2D eigenvalue weighted by atomic mass is 28.2. The first-order chi connectivity index (χ1) is 6.80. The highest BCUT2D eigenvalue weighted by Gasteiger charge is 1.96. The topological polar surface area (TPSA) is 0 Å². The van der Waals surface area contributed by atoms with Crippen LogP contribution in [-0.2, 0) is 0 Å². The van der Waals surface area contributed by atoms with Gasteiger partial charge in [0.05, 0.1) is 0 Å². The van der Waals surface area contributed by atoms with Crippen LogP contribution in [0.1, 0.15) is 30.4 Å². The van der Waals surface area contributed by atoms with E-state index in [0.717, 1.165) is 0 Å². The monoisotopic (exact) mass is 206 g/mol. The van der Waals surface area contributed by atoms with Crippen LogP contribution in [0.4, 0.5) is 0 Å². The molecule has 0 nitrogen and oxygen atoms in total. The lowest BCUT2D eigenvalue weighted by Crippen LogP contribution is -1.94.